The number of nitrogens with two attached hydrogens (primary N) is 1. The number of phenols is 1. The lowest BCUT2D eigenvalue weighted by Crippen LogP contribution is -2.23. The SMILES string of the molecule is COCCC(=O)NCc1cc(N)ccc1O. The smallest absolute Gasteiger partial charge is 0.222 e. The van der Waals surface area contributed by atoms with Crippen LogP contribution in [0.5, 0.6) is 5.75 Å². The number of phenolic OH excluding ortho intramolecular Hbond substituents is 1. The molecule has 1 aromatic rings. The van der Waals surface area contributed by atoms with Crippen LogP contribution in [0.2, 0.25) is 0 Å². The number of nitrogen functional groups attached to an aromatic ring is 1. The molecule has 0 heterocycles. The normalized spacial score (nSPS) is 10.1. The fourth-order valence-electron chi connectivity index (χ4n) is 1.22. The van der Waals surface area contributed by atoms with E-state index in [9.17, 15) is 9.90 Å². The van der Waals surface area contributed by atoms with E-state index in [-0.39, 0.29) is 18.2 Å². The van der Waals surface area contributed by atoms with Crippen molar-refractivity contribution in [1.29, 1.82) is 0 Å². The van der Waals surface area contributed by atoms with Gasteiger partial charge in [0.2, 0.25) is 5.91 Å². The fourth-order valence-corrected chi connectivity index (χ4v) is 1.22. The minimum atomic E-state index is -0.122. The molecule has 0 radical (unpaired) electrons. The molecule has 0 aliphatic rings. The first-order valence-corrected chi connectivity index (χ1v) is 4.96. The second-order valence-corrected chi connectivity index (χ2v) is 3.41. The number of carbonyl (C=O) groups excluding carboxylic acids is 1. The Morgan fingerprint density at radius 1 is 1.56 bits per heavy atom. The van der Waals surface area contributed by atoms with Crippen molar-refractivity contribution in [3.8, 4) is 5.75 Å². The molecule has 1 amide bonds. The summed E-state index contributed by atoms with van der Waals surface area (Å²) in [6, 6.07) is 4.74. The Labute approximate surface area is 94.2 Å². The molecule has 0 bridgehead atoms. The largest absolute Gasteiger partial charge is 0.508 e. The molecule has 0 aliphatic heterocycles. The zero-order valence-corrected chi connectivity index (χ0v) is 9.19. The maximum Gasteiger partial charge on any atom is 0.222 e. The van der Waals surface area contributed by atoms with Crippen LogP contribution < -0.4 is 11.1 Å². The Balaban J connectivity index is 2.47. The van der Waals surface area contributed by atoms with Gasteiger partial charge in [-0.1, -0.05) is 0 Å². The molecule has 88 valence electrons. The summed E-state index contributed by atoms with van der Waals surface area (Å²) in [5, 5.41) is 12.2. The standard InChI is InChI=1S/C11H16N2O3/c1-16-5-4-11(15)13-7-8-6-9(12)2-3-10(8)14/h2-3,6,14H,4-5,7,12H2,1H3,(H,13,15). The van der Waals surface area contributed by atoms with Gasteiger partial charge in [-0.25, -0.2) is 0 Å². The summed E-state index contributed by atoms with van der Waals surface area (Å²) in [6.07, 6.45) is 0.305. The van der Waals surface area contributed by atoms with E-state index in [1.165, 1.54) is 13.2 Å². The number of aromatic hydroxyl groups is 1. The van der Waals surface area contributed by atoms with Crippen LogP contribution in [0.15, 0.2) is 18.2 Å². The van der Waals surface area contributed by atoms with Crippen LogP contribution in [0.3, 0.4) is 0 Å². The topological polar surface area (TPSA) is 84.6 Å². The summed E-state index contributed by atoms with van der Waals surface area (Å²) in [7, 11) is 1.54. The molecule has 0 aliphatic carbocycles. The lowest BCUT2D eigenvalue weighted by Gasteiger charge is -2.07. The highest BCUT2D eigenvalue weighted by Crippen LogP contribution is 2.19. The molecule has 0 spiro atoms. The number of hydrogen-bond donors (Lipinski definition) is 3. The van der Waals surface area contributed by atoms with E-state index in [0.717, 1.165) is 0 Å². The number of benzene rings is 1. The zero-order chi connectivity index (χ0) is 12.0. The minimum Gasteiger partial charge on any atom is -0.508 e. The third-order valence-corrected chi connectivity index (χ3v) is 2.11. The Hall–Kier alpha value is -1.75. The molecule has 5 heteroatoms. The zero-order valence-electron chi connectivity index (χ0n) is 9.19. The van der Waals surface area contributed by atoms with Crippen molar-refractivity contribution in [1.82, 2.24) is 5.32 Å². The number of rotatable bonds is 5. The lowest BCUT2D eigenvalue weighted by molar-refractivity contribution is -0.122. The van der Waals surface area contributed by atoms with Gasteiger partial charge in [0.1, 0.15) is 5.75 Å². The molecular formula is C11H16N2O3. The number of ether oxygens (including phenoxy) is 1. The van der Waals surface area contributed by atoms with Gasteiger partial charge in [0.05, 0.1) is 6.61 Å². The molecule has 0 unspecified atom stereocenters. The molecular weight excluding hydrogens is 208 g/mol. The average molecular weight is 224 g/mol. The van der Waals surface area contributed by atoms with Crippen molar-refractivity contribution in [3.63, 3.8) is 0 Å². The van der Waals surface area contributed by atoms with Crippen molar-refractivity contribution in [2.75, 3.05) is 19.5 Å². The summed E-state index contributed by atoms with van der Waals surface area (Å²) < 4.78 is 4.78. The average Bonchev–Trinajstić information content (AvgIpc) is 2.27. The Morgan fingerprint density at radius 3 is 3.00 bits per heavy atom. The van der Waals surface area contributed by atoms with Gasteiger partial charge in [-0.05, 0) is 18.2 Å². The van der Waals surface area contributed by atoms with Crippen LogP contribution in [0.1, 0.15) is 12.0 Å². The molecule has 4 N–H and O–H groups in total. The van der Waals surface area contributed by atoms with Crippen LogP contribution in [0, 0.1) is 0 Å². The van der Waals surface area contributed by atoms with E-state index in [4.69, 9.17) is 10.5 Å². The van der Waals surface area contributed by atoms with Crippen LogP contribution in [-0.2, 0) is 16.1 Å². The maximum atomic E-state index is 11.3. The highest BCUT2D eigenvalue weighted by atomic mass is 16.5. The number of nitrogens with one attached hydrogen (secondary N) is 1. The van der Waals surface area contributed by atoms with Crippen molar-refractivity contribution in [2.24, 2.45) is 0 Å². The maximum absolute atomic E-state index is 11.3. The number of carbonyl (C=O) groups is 1. The summed E-state index contributed by atoms with van der Waals surface area (Å²) in [4.78, 5) is 11.3. The van der Waals surface area contributed by atoms with Crippen molar-refractivity contribution in [3.05, 3.63) is 23.8 Å². The number of anilines is 1. The fraction of sp³-hybridized carbons (Fsp3) is 0.364. The third kappa shape index (κ3) is 3.78. The molecule has 16 heavy (non-hydrogen) atoms. The Bertz CT molecular complexity index is 366. The quantitative estimate of drug-likeness (QED) is 0.506. The molecule has 1 aromatic carbocycles. The predicted molar refractivity (Wildman–Crippen MR) is 60.9 cm³/mol. The summed E-state index contributed by atoms with van der Waals surface area (Å²) in [5.74, 6) is 0.00455. The Kier molecular flexibility index (Phi) is 4.60. The first-order chi connectivity index (χ1) is 7.63. The molecule has 0 saturated heterocycles. The van der Waals surface area contributed by atoms with Gasteiger partial charge >= 0.3 is 0 Å². The van der Waals surface area contributed by atoms with Crippen LogP contribution in [0.4, 0.5) is 5.69 Å². The molecule has 1 rings (SSSR count). The van der Waals surface area contributed by atoms with Crippen LogP contribution in [-0.4, -0.2) is 24.7 Å². The van der Waals surface area contributed by atoms with Gasteiger partial charge in [-0.15, -0.1) is 0 Å². The van der Waals surface area contributed by atoms with E-state index in [1.807, 2.05) is 0 Å². The van der Waals surface area contributed by atoms with Gasteiger partial charge < -0.3 is 20.9 Å². The monoisotopic (exact) mass is 224 g/mol. The van der Waals surface area contributed by atoms with Crippen molar-refractivity contribution in [2.45, 2.75) is 13.0 Å². The van der Waals surface area contributed by atoms with Crippen molar-refractivity contribution < 1.29 is 14.6 Å². The van der Waals surface area contributed by atoms with E-state index in [2.05, 4.69) is 5.32 Å². The Morgan fingerprint density at radius 2 is 2.31 bits per heavy atom. The molecule has 0 aromatic heterocycles. The number of amides is 1. The number of methoxy groups -OCH3 is 1. The van der Waals surface area contributed by atoms with Gasteiger partial charge in [0.25, 0.3) is 0 Å². The summed E-state index contributed by atoms with van der Waals surface area (Å²) in [5.41, 5.74) is 6.73. The van der Waals surface area contributed by atoms with E-state index >= 15 is 0 Å². The summed E-state index contributed by atoms with van der Waals surface area (Å²) in [6.45, 7) is 0.647. The first-order valence-electron chi connectivity index (χ1n) is 4.96. The highest BCUT2D eigenvalue weighted by Gasteiger charge is 2.04. The second kappa shape index (κ2) is 5.97. The van der Waals surface area contributed by atoms with E-state index < -0.39 is 0 Å². The molecule has 5 nitrogen and oxygen atoms in total. The lowest BCUT2D eigenvalue weighted by atomic mass is 10.2. The first kappa shape index (κ1) is 12.3. The van der Waals surface area contributed by atoms with Gasteiger partial charge in [-0.2, -0.15) is 0 Å². The van der Waals surface area contributed by atoms with Crippen LogP contribution in [0.25, 0.3) is 0 Å². The van der Waals surface area contributed by atoms with E-state index in [1.54, 1.807) is 12.1 Å². The summed E-state index contributed by atoms with van der Waals surface area (Å²) >= 11 is 0. The highest BCUT2D eigenvalue weighted by molar-refractivity contribution is 5.76. The van der Waals surface area contributed by atoms with Gasteiger partial charge in [-0.3, -0.25) is 4.79 Å². The van der Waals surface area contributed by atoms with Gasteiger partial charge in [0.15, 0.2) is 0 Å². The molecule has 0 saturated carbocycles. The van der Waals surface area contributed by atoms with Crippen molar-refractivity contribution >= 4 is 11.6 Å². The third-order valence-electron chi connectivity index (χ3n) is 2.11. The van der Waals surface area contributed by atoms with E-state index in [0.29, 0.717) is 24.3 Å². The molecule has 0 fully saturated rings. The van der Waals surface area contributed by atoms with Gasteiger partial charge in [0, 0.05) is 31.3 Å². The van der Waals surface area contributed by atoms with Crippen LogP contribution >= 0.6 is 0 Å². The second-order valence-electron chi connectivity index (χ2n) is 3.41. The number of hydrogen-bond acceptors (Lipinski definition) is 4. The minimum absolute atomic E-state index is 0.122. The molecule has 0 atom stereocenters. The predicted octanol–water partition coefficient (Wildman–Crippen LogP) is 0.627.